The number of halogens is 1. The lowest BCUT2D eigenvalue weighted by atomic mass is 9.50. The zero-order valence-corrected chi connectivity index (χ0v) is 30.8. The van der Waals surface area contributed by atoms with Gasteiger partial charge in [0.1, 0.15) is 11.5 Å². The molecule has 2 saturated carbocycles. The van der Waals surface area contributed by atoms with Crippen LogP contribution >= 0.6 is 22.6 Å². The molecular formula is C40H54IN3O2. The van der Waals surface area contributed by atoms with Crippen LogP contribution in [0.2, 0.25) is 0 Å². The van der Waals surface area contributed by atoms with Crippen molar-refractivity contribution in [2.75, 3.05) is 59.4 Å². The molecule has 3 saturated heterocycles. The summed E-state index contributed by atoms with van der Waals surface area (Å²) in [6.45, 7) is 4.84. The van der Waals surface area contributed by atoms with Gasteiger partial charge in [-0.2, -0.15) is 0 Å². The molecule has 0 amide bonds. The molecule has 7 aliphatic rings. The predicted molar refractivity (Wildman–Crippen MR) is 195 cm³/mol. The molecule has 0 spiro atoms. The van der Waals surface area contributed by atoms with Gasteiger partial charge in [0.05, 0.1) is 23.5 Å². The Hall–Kier alpha value is -1.51. The molecule has 4 aliphatic carbocycles. The van der Waals surface area contributed by atoms with Gasteiger partial charge < -0.3 is 24.2 Å². The van der Waals surface area contributed by atoms with Crippen molar-refractivity contribution >= 4 is 28.3 Å². The molecule has 3 heterocycles. The van der Waals surface area contributed by atoms with Crippen LogP contribution < -0.4 is 14.4 Å². The van der Waals surface area contributed by atoms with E-state index in [1.54, 1.807) is 22.3 Å². The molecule has 9 rings (SSSR count). The fraction of sp³-hybridized carbons (Fsp3) is 0.700. The van der Waals surface area contributed by atoms with Gasteiger partial charge in [0.25, 0.3) is 0 Å². The van der Waals surface area contributed by atoms with Crippen LogP contribution in [0.15, 0.2) is 24.3 Å². The Morgan fingerprint density at radius 3 is 2.11 bits per heavy atom. The zero-order chi connectivity index (χ0) is 31.4. The molecule has 0 aromatic heterocycles. The minimum Gasteiger partial charge on any atom is -0.496 e. The van der Waals surface area contributed by atoms with Crippen LogP contribution in [0.25, 0.3) is 0 Å². The Kier molecular flexibility index (Phi) is 7.48. The first-order valence-corrected chi connectivity index (χ1v) is 19.7. The first kappa shape index (κ1) is 30.5. The monoisotopic (exact) mass is 735 g/mol. The van der Waals surface area contributed by atoms with Crippen molar-refractivity contribution < 1.29 is 9.47 Å². The third-order valence-electron chi connectivity index (χ3n) is 15.2. The second-order valence-electron chi connectivity index (χ2n) is 16.6. The van der Waals surface area contributed by atoms with Crippen molar-refractivity contribution in [3.8, 4) is 11.5 Å². The quantitative estimate of drug-likeness (QED) is 0.305. The lowest BCUT2D eigenvalue weighted by Gasteiger charge is -2.60. The second-order valence-corrected chi connectivity index (χ2v) is 17.8. The van der Waals surface area contributed by atoms with Crippen molar-refractivity contribution in [2.24, 2.45) is 23.7 Å². The van der Waals surface area contributed by atoms with Gasteiger partial charge in [-0.25, -0.2) is 0 Å². The fourth-order valence-corrected chi connectivity index (χ4v) is 13.6. The number of methoxy groups -OCH3 is 2. The van der Waals surface area contributed by atoms with E-state index >= 15 is 0 Å². The molecular weight excluding hydrogens is 681 g/mol. The Bertz CT molecular complexity index is 1530. The van der Waals surface area contributed by atoms with Crippen LogP contribution in [0.5, 0.6) is 11.5 Å². The van der Waals surface area contributed by atoms with Gasteiger partial charge in [-0.05, 0) is 184 Å². The standard InChI is InChI=1S/C40H54IN3O2/c1-42-15-12-39-10-6-5-7-29(39)34(42)20-28-21-36(38(46-4)23-31(28)39)44-14-9-26(24-44)25-8-11-40-13-16-43(2)35(32(40)17-25)19-27-18-33(41)37(45-3)22-30(27)40/h18,21-23,25-26,29,32,34-35H,5-17,19-20,24H2,1-4H3/t25?,26?,29-,32-,34+,35+,39+,40-/m1/s1. The number of anilines is 1. The molecule has 2 unspecified atom stereocenters. The number of rotatable bonds is 4. The molecule has 4 bridgehead atoms. The molecule has 6 heteroatoms. The summed E-state index contributed by atoms with van der Waals surface area (Å²) in [6, 6.07) is 11.4. The van der Waals surface area contributed by atoms with Gasteiger partial charge in [-0.1, -0.05) is 12.8 Å². The van der Waals surface area contributed by atoms with E-state index < -0.39 is 0 Å². The minimum atomic E-state index is 0.334. The number of likely N-dealkylation sites (tertiary alicyclic amines) is 2. The molecule has 5 nitrogen and oxygen atoms in total. The number of piperidine rings is 2. The SMILES string of the molecule is COc1cc2c(cc1I)C[C@H]1[C@H]3CC(C4CCN(c5cc6c(cc5OC)[C@]57CCCC[C@@H]5[C@H](C6)N(C)CC7)C4)CC[C@@]23CCN1C. The third-order valence-corrected chi connectivity index (χ3v) is 16.0. The number of benzene rings is 2. The molecule has 0 radical (unpaired) electrons. The maximum absolute atomic E-state index is 6.26. The Morgan fingerprint density at radius 1 is 0.696 bits per heavy atom. The number of nitrogens with zero attached hydrogens (tertiary/aromatic N) is 3. The first-order chi connectivity index (χ1) is 22.3. The highest BCUT2D eigenvalue weighted by molar-refractivity contribution is 14.1. The summed E-state index contributed by atoms with van der Waals surface area (Å²) >= 11 is 2.47. The van der Waals surface area contributed by atoms with E-state index in [9.17, 15) is 0 Å². The largest absolute Gasteiger partial charge is 0.496 e. The number of hydrogen-bond acceptors (Lipinski definition) is 5. The Labute approximate surface area is 290 Å². The van der Waals surface area contributed by atoms with Crippen molar-refractivity contribution in [3.05, 3.63) is 50.1 Å². The number of hydrogen-bond donors (Lipinski definition) is 0. The average Bonchev–Trinajstić information content (AvgIpc) is 3.57. The van der Waals surface area contributed by atoms with Crippen LogP contribution in [0.1, 0.15) is 86.5 Å². The van der Waals surface area contributed by atoms with Crippen molar-refractivity contribution in [2.45, 2.75) is 100.0 Å². The van der Waals surface area contributed by atoms with E-state index in [2.05, 4.69) is 75.7 Å². The molecule has 46 heavy (non-hydrogen) atoms. The van der Waals surface area contributed by atoms with Crippen molar-refractivity contribution in [1.82, 2.24) is 9.80 Å². The van der Waals surface area contributed by atoms with E-state index in [1.165, 1.54) is 112 Å². The lowest BCUT2D eigenvalue weighted by Crippen LogP contribution is -2.61. The lowest BCUT2D eigenvalue weighted by molar-refractivity contribution is -0.0220. The number of fused-ring (bicyclic) bond motifs is 2. The van der Waals surface area contributed by atoms with E-state index in [0.717, 1.165) is 35.2 Å². The number of ether oxygens (including phenoxy) is 2. The molecule has 3 aliphatic heterocycles. The Morgan fingerprint density at radius 2 is 1.37 bits per heavy atom. The average molecular weight is 736 g/mol. The molecule has 8 atom stereocenters. The molecule has 2 aromatic carbocycles. The van der Waals surface area contributed by atoms with Crippen LogP contribution in [0.3, 0.4) is 0 Å². The second kappa shape index (κ2) is 11.3. The van der Waals surface area contributed by atoms with Crippen molar-refractivity contribution in [3.63, 3.8) is 0 Å². The molecule has 0 N–H and O–H groups in total. The highest BCUT2D eigenvalue weighted by atomic mass is 127. The van der Waals surface area contributed by atoms with E-state index in [-0.39, 0.29) is 0 Å². The topological polar surface area (TPSA) is 28.2 Å². The predicted octanol–water partition coefficient (Wildman–Crippen LogP) is 7.44. The molecule has 248 valence electrons. The summed E-state index contributed by atoms with van der Waals surface area (Å²) in [7, 11) is 8.56. The fourth-order valence-electron chi connectivity index (χ4n) is 12.8. The summed E-state index contributed by atoms with van der Waals surface area (Å²) in [5.74, 6) is 5.40. The van der Waals surface area contributed by atoms with Crippen molar-refractivity contribution in [1.29, 1.82) is 0 Å². The van der Waals surface area contributed by atoms with Gasteiger partial charge in [0, 0.05) is 36.0 Å². The highest BCUT2D eigenvalue weighted by Gasteiger charge is 2.56. The van der Waals surface area contributed by atoms with Crippen LogP contribution in [0, 0.1) is 27.2 Å². The highest BCUT2D eigenvalue weighted by Crippen LogP contribution is 2.60. The third kappa shape index (κ3) is 4.36. The summed E-state index contributed by atoms with van der Waals surface area (Å²) in [4.78, 5) is 8.15. The van der Waals surface area contributed by atoms with Gasteiger partial charge in [0.2, 0.25) is 0 Å². The minimum absolute atomic E-state index is 0.334. The smallest absolute Gasteiger partial charge is 0.142 e. The molecule has 5 fully saturated rings. The van der Waals surface area contributed by atoms with E-state index in [4.69, 9.17) is 9.47 Å². The molecule has 2 aromatic rings. The summed E-state index contributed by atoms with van der Waals surface area (Å²) in [5, 5.41) is 0. The first-order valence-electron chi connectivity index (χ1n) is 18.6. The van der Waals surface area contributed by atoms with Crippen LogP contribution in [-0.4, -0.2) is 76.4 Å². The summed E-state index contributed by atoms with van der Waals surface area (Å²) < 4.78 is 13.4. The van der Waals surface area contributed by atoms with Gasteiger partial charge in [-0.15, -0.1) is 0 Å². The number of likely N-dealkylation sites (N-methyl/N-ethyl adjacent to an activating group) is 2. The van der Waals surface area contributed by atoms with Crippen LogP contribution in [0.4, 0.5) is 5.69 Å². The van der Waals surface area contributed by atoms with Gasteiger partial charge in [-0.3, -0.25) is 0 Å². The van der Waals surface area contributed by atoms with E-state index in [1.807, 2.05) is 14.2 Å². The van der Waals surface area contributed by atoms with E-state index in [0.29, 0.717) is 22.9 Å². The maximum atomic E-state index is 6.26. The summed E-state index contributed by atoms with van der Waals surface area (Å²) in [5.41, 5.74) is 8.63. The zero-order valence-electron chi connectivity index (χ0n) is 28.6. The van der Waals surface area contributed by atoms with Gasteiger partial charge >= 0.3 is 0 Å². The van der Waals surface area contributed by atoms with Gasteiger partial charge in [0.15, 0.2) is 0 Å². The summed E-state index contributed by atoms with van der Waals surface area (Å²) in [6.07, 6.45) is 16.1. The normalized spacial score (nSPS) is 38.4. The maximum Gasteiger partial charge on any atom is 0.142 e. The van der Waals surface area contributed by atoms with Crippen LogP contribution in [-0.2, 0) is 23.7 Å². The Balaban J connectivity index is 0.985.